The van der Waals surface area contributed by atoms with Crippen LogP contribution < -0.4 is 4.74 Å². The van der Waals surface area contributed by atoms with E-state index in [1.807, 2.05) is 12.1 Å². The smallest absolute Gasteiger partial charge is 0.136 e. The normalized spacial score (nSPS) is 18.2. The van der Waals surface area contributed by atoms with E-state index in [2.05, 4.69) is 59.0 Å². The lowest BCUT2D eigenvalue weighted by Gasteiger charge is -2.12. The Morgan fingerprint density at radius 2 is 1.55 bits per heavy atom. The number of Topliss-reactive ketones (excluding diaryl/α,β-unsaturated/α-hetero) is 1. The Bertz CT molecular complexity index is 602. The molecule has 0 spiro atoms. The first-order chi connectivity index (χ1) is 9.70. The fourth-order valence-electron chi connectivity index (χ4n) is 2.44. The maximum Gasteiger partial charge on any atom is 0.136 e. The topological polar surface area (TPSA) is 26.3 Å². The standard InChI is InChI=1S/C17H15IO2/c18-14-5-1-12(2-6-14)13-3-8-16(9-4-13)20-17-10-7-15(19)11-17/h1-6,8-9,17H,7,10-11H2. The minimum absolute atomic E-state index is 0.0617. The third kappa shape index (κ3) is 3.20. The van der Waals surface area contributed by atoms with Gasteiger partial charge < -0.3 is 4.74 Å². The molecule has 0 N–H and O–H groups in total. The number of ether oxygens (including phenoxy) is 1. The van der Waals surface area contributed by atoms with E-state index in [1.54, 1.807) is 0 Å². The molecule has 0 aromatic heterocycles. The number of rotatable bonds is 3. The third-order valence-corrected chi connectivity index (χ3v) is 4.25. The average molecular weight is 378 g/mol. The number of hydrogen-bond donors (Lipinski definition) is 0. The van der Waals surface area contributed by atoms with Crippen LogP contribution in [-0.4, -0.2) is 11.9 Å². The van der Waals surface area contributed by atoms with Gasteiger partial charge in [-0.3, -0.25) is 4.79 Å². The fourth-order valence-corrected chi connectivity index (χ4v) is 2.80. The molecule has 0 heterocycles. The summed E-state index contributed by atoms with van der Waals surface area (Å²) in [5.74, 6) is 1.16. The van der Waals surface area contributed by atoms with E-state index in [0.717, 1.165) is 12.2 Å². The van der Waals surface area contributed by atoms with E-state index in [0.29, 0.717) is 18.6 Å². The van der Waals surface area contributed by atoms with Crippen LogP contribution in [0.15, 0.2) is 48.5 Å². The lowest BCUT2D eigenvalue weighted by atomic mass is 10.1. The summed E-state index contributed by atoms with van der Waals surface area (Å²) in [4.78, 5) is 11.2. The number of ketones is 1. The van der Waals surface area contributed by atoms with Gasteiger partial charge in [-0.1, -0.05) is 24.3 Å². The first-order valence-corrected chi connectivity index (χ1v) is 7.83. The molecule has 0 bridgehead atoms. The summed E-state index contributed by atoms with van der Waals surface area (Å²) < 4.78 is 7.07. The van der Waals surface area contributed by atoms with Crippen molar-refractivity contribution in [2.24, 2.45) is 0 Å². The van der Waals surface area contributed by atoms with Crippen LogP contribution in [0.3, 0.4) is 0 Å². The second-order valence-electron chi connectivity index (χ2n) is 5.05. The molecule has 1 fully saturated rings. The molecule has 1 atom stereocenters. The van der Waals surface area contributed by atoms with Gasteiger partial charge in [0.05, 0.1) is 0 Å². The molecular weight excluding hydrogens is 363 g/mol. The number of carbonyl (C=O) groups is 1. The van der Waals surface area contributed by atoms with Gasteiger partial charge >= 0.3 is 0 Å². The third-order valence-electron chi connectivity index (χ3n) is 3.54. The van der Waals surface area contributed by atoms with Crippen LogP contribution in [0.1, 0.15) is 19.3 Å². The second-order valence-corrected chi connectivity index (χ2v) is 6.30. The first-order valence-electron chi connectivity index (χ1n) is 6.75. The number of benzene rings is 2. The minimum Gasteiger partial charge on any atom is -0.490 e. The zero-order chi connectivity index (χ0) is 13.9. The van der Waals surface area contributed by atoms with Crippen molar-refractivity contribution >= 4 is 28.4 Å². The van der Waals surface area contributed by atoms with Crippen LogP contribution in [0.5, 0.6) is 5.75 Å². The molecule has 2 aromatic carbocycles. The molecule has 3 rings (SSSR count). The van der Waals surface area contributed by atoms with Gasteiger partial charge in [0.2, 0.25) is 0 Å². The van der Waals surface area contributed by atoms with Gasteiger partial charge in [-0.2, -0.15) is 0 Å². The fraction of sp³-hybridized carbons (Fsp3) is 0.235. The minimum atomic E-state index is 0.0617. The summed E-state index contributed by atoms with van der Waals surface area (Å²) in [6.07, 6.45) is 2.12. The maximum absolute atomic E-state index is 11.2. The predicted octanol–water partition coefficient (Wildman–Crippen LogP) is 4.46. The molecule has 0 saturated heterocycles. The molecule has 1 saturated carbocycles. The molecular formula is C17H15IO2. The van der Waals surface area contributed by atoms with Crippen LogP contribution in [0.4, 0.5) is 0 Å². The van der Waals surface area contributed by atoms with Crippen LogP contribution in [0.25, 0.3) is 11.1 Å². The van der Waals surface area contributed by atoms with E-state index >= 15 is 0 Å². The number of carbonyl (C=O) groups excluding carboxylic acids is 1. The van der Waals surface area contributed by atoms with Crippen molar-refractivity contribution < 1.29 is 9.53 Å². The van der Waals surface area contributed by atoms with Crippen molar-refractivity contribution in [2.45, 2.75) is 25.4 Å². The Morgan fingerprint density at radius 1 is 0.950 bits per heavy atom. The predicted molar refractivity (Wildman–Crippen MR) is 87.9 cm³/mol. The van der Waals surface area contributed by atoms with Gasteiger partial charge in [0.1, 0.15) is 17.6 Å². The van der Waals surface area contributed by atoms with E-state index in [4.69, 9.17) is 4.74 Å². The van der Waals surface area contributed by atoms with Crippen molar-refractivity contribution in [3.63, 3.8) is 0 Å². The molecule has 2 nitrogen and oxygen atoms in total. The molecule has 0 amide bonds. The zero-order valence-electron chi connectivity index (χ0n) is 11.0. The Balaban J connectivity index is 1.71. The monoisotopic (exact) mass is 378 g/mol. The van der Waals surface area contributed by atoms with E-state index in [-0.39, 0.29) is 6.10 Å². The second kappa shape index (κ2) is 5.95. The SMILES string of the molecule is O=C1CCC(Oc2ccc(-c3ccc(I)cc3)cc2)C1. The van der Waals surface area contributed by atoms with E-state index in [9.17, 15) is 4.79 Å². The van der Waals surface area contributed by atoms with Crippen LogP contribution >= 0.6 is 22.6 Å². The average Bonchev–Trinajstić information content (AvgIpc) is 2.86. The largest absolute Gasteiger partial charge is 0.490 e. The van der Waals surface area contributed by atoms with Crippen molar-refractivity contribution in [1.29, 1.82) is 0 Å². The van der Waals surface area contributed by atoms with Gasteiger partial charge in [0.25, 0.3) is 0 Å². The highest BCUT2D eigenvalue weighted by molar-refractivity contribution is 14.1. The first kappa shape index (κ1) is 13.6. The summed E-state index contributed by atoms with van der Waals surface area (Å²) >= 11 is 2.30. The van der Waals surface area contributed by atoms with Gasteiger partial charge in [-0.05, 0) is 64.4 Å². The molecule has 0 aliphatic heterocycles. The molecule has 0 radical (unpaired) electrons. The quantitative estimate of drug-likeness (QED) is 0.738. The van der Waals surface area contributed by atoms with Crippen LogP contribution in [0.2, 0.25) is 0 Å². The summed E-state index contributed by atoms with van der Waals surface area (Å²) in [6, 6.07) is 16.5. The van der Waals surface area contributed by atoms with Gasteiger partial charge in [-0.25, -0.2) is 0 Å². The van der Waals surface area contributed by atoms with Crippen LogP contribution in [-0.2, 0) is 4.79 Å². The molecule has 1 aliphatic carbocycles. The Morgan fingerprint density at radius 3 is 2.10 bits per heavy atom. The molecule has 102 valence electrons. The lowest BCUT2D eigenvalue weighted by molar-refractivity contribution is -0.117. The van der Waals surface area contributed by atoms with Crippen LogP contribution in [0, 0.1) is 3.57 Å². The van der Waals surface area contributed by atoms with Gasteiger partial charge in [-0.15, -0.1) is 0 Å². The highest BCUT2D eigenvalue weighted by Crippen LogP contribution is 2.26. The Hall–Kier alpha value is -1.36. The highest BCUT2D eigenvalue weighted by atomic mass is 127. The molecule has 1 unspecified atom stereocenters. The van der Waals surface area contributed by atoms with Crippen molar-refractivity contribution in [3.05, 3.63) is 52.1 Å². The van der Waals surface area contributed by atoms with Crippen molar-refractivity contribution in [3.8, 4) is 16.9 Å². The lowest BCUT2D eigenvalue weighted by Crippen LogP contribution is -2.11. The van der Waals surface area contributed by atoms with Gasteiger partial charge in [0, 0.05) is 16.4 Å². The summed E-state index contributed by atoms with van der Waals surface area (Å²) in [5.41, 5.74) is 2.38. The number of halogens is 1. The van der Waals surface area contributed by atoms with Gasteiger partial charge in [0.15, 0.2) is 0 Å². The van der Waals surface area contributed by atoms with E-state index < -0.39 is 0 Å². The Kier molecular flexibility index (Phi) is 4.05. The summed E-state index contributed by atoms with van der Waals surface area (Å²) in [5, 5.41) is 0. The zero-order valence-corrected chi connectivity index (χ0v) is 13.2. The Labute approximate surface area is 132 Å². The highest BCUT2D eigenvalue weighted by Gasteiger charge is 2.23. The van der Waals surface area contributed by atoms with Crippen molar-refractivity contribution in [1.82, 2.24) is 0 Å². The number of hydrogen-bond acceptors (Lipinski definition) is 2. The van der Waals surface area contributed by atoms with E-state index in [1.165, 1.54) is 14.7 Å². The summed E-state index contributed by atoms with van der Waals surface area (Å²) in [7, 11) is 0. The maximum atomic E-state index is 11.2. The molecule has 1 aliphatic rings. The molecule has 20 heavy (non-hydrogen) atoms. The molecule has 2 aromatic rings. The van der Waals surface area contributed by atoms with Crippen molar-refractivity contribution in [2.75, 3.05) is 0 Å². The molecule has 3 heteroatoms. The summed E-state index contributed by atoms with van der Waals surface area (Å²) in [6.45, 7) is 0.